The number of carbonyl (C=O) groups excluding carboxylic acids is 2. The Morgan fingerprint density at radius 3 is 1.29 bits per heavy atom. The van der Waals surface area contributed by atoms with Crippen LogP contribution in [0.4, 0.5) is 17.5 Å². The molecule has 3 saturated heterocycles. The molecular weight excluding hydrogens is 1200 g/mol. The molecule has 3 aliphatic heterocycles. The van der Waals surface area contributed by atoms with Crippen LogP contribution in [-0.2, 0) is 59.8 Å². The summed E-state index contributed by atoms with van der Waals surface area (Å²) in [4.78, 5) is 54.1. The predicted molar refractivity (Wildman–Crippen MR) is 340 cm³/mol. The van der Waals surface area contributed by atoms with Crippen molar-refractivity contribution in [1.29, 1.82) is 0 Å². The molecule has 0 radical (unpaired) electrons. The lowest BCUT2D eigenvalue weighted by Crippen LogP contribution is -2.44. The van der Waals surface area contributed by atoms with Gasteiger partial charge in [0, 0.05) is 129 Å². The summed E-state index contributed by atoms with van der Waals surface area (Å²) >= 11 is 3.42. The summed E-state index contributed by atoms with van der Waals surface area (Å²) in [6, 6.07) is 29.6. The number of piperazine rings is 1. The maximum atomic E-state index is 13.2. The molecule has 0 spiro atoms. The van der Waals surface area contributed by atoms with Crippen LogP contribution < -0.4 is 27.8 Å². The molecular formula is C64H71BrN16O8. The summed E-state index contributed by atoms with van der Waals surface area (Å²) in [5, 5.41) is 27.3. The van der Waals surface area contributed by atoms with Gasteiger partial charge in [0.25, 0.3) is 11.8 Å². The summed E-state index contributed by atoms with van der Waals surface area (Å²) < 4.78 is 29.4. The van der Waals surface area contributed by atoms with E-state index in [1.807, 2.05) is 50.8 Å². The Labute approximate surface area is 523 Å². The summed E-state index contributed by atoms with van der Waals surface area (Å²) in [5.41, 5.74) is 28.7. The molecule has 3 aliphatic rings. The molecule has 89 heavy (non-hydrogen) atoms. The van der Waals surface area contributed by atoms with E-state index in [0.717, 1.165) is 76.1 Å². The first-order chi connectivity index (χ1) is 43.0. The van der Waals surface area contributed by atoms with Crippen LogP contribution in [0.5, 0.6) is 0 Å². The smallest absolute Gasteiger partial charge is 0.339 e. The first-order valence-corrected chi connectivity index (χ1v) is 29.6. The summed E-state index contributed by atoms with van der Waals surface area (Å²) in [6.07, 6.45) is 14.9. The molecule has 0 unspecified atom stereocenters. The van der Waals surface area contributed by atoms with E-state index in [4.69, 9.17) is 41.3 Å². The van der Waals surface area contributed by atoms with Gasteiger partial charge in [-0.25, -0.2) is 19.7 Å². The van der Waals surface area contributed by atoms with Crippen molar-refractivity contribution in [2.45, 2.75) is 44.1 Å². The van der Waals surface area contributed by atoms with E-state index in [1.165, 1.54) is 29.0 Å². The lowest BCUT2D eigenvalue weighted by Gasteiger charge is -2.32. The predicted octanol–water partition coefficient (Wildman–Crippen LogP) is 6.50. The number of nitrogen functional groups attached to an aromatic ring is 3. The largest absolute Gasteiger partial charge is 0.478 e. The number of hydrogen-bond acceptors (Lipinski definition) is 18. The number of aromatic carboxylic acids is 1. The highest BCUT2D eigenvalue weighted by Crippen LogP contribution is 2.27. The minimum Gasteiger partial charge on any atom is -0.478 e. The van der Waals surface area contributed by atoms with Crippen molar-refractivity contribution in [3.63, 3.8) is 0 Å². The highest BCUT2D eigenvalue weighted by molar-refractivity contribution is 9.10. The molecule has 0 bridgehead atoms. The van der Waals surface area contributed by atoms with E-state index in [9.17, 15) is 14.4 Å². The fourth-order valence-electron chi connectivity index (χ4n) is 10.2. The van der Waals surface area contributed by atoms with Crippen LogP contribution in [0.25, 0.3) is 44.5 Å². The van der Waals surface area contributed by atoms with Gasteiger partial charge in [-0.2, -0.15) is 15.3 Å². The third-order valence-electron chi connectivity index (χ3n) is 15.4. The molecule has 0 saturated carbocycles. The van der Waals surface area contributed by atoms with Gasteiger partial charge in [-0.15, -0.1) is 0 Å². The van der Waals surface area contributed by atoms with Crippen LogP contribution in [0.2, 0.25) is 0 Å². The van der Waals surface area contributed by atoms with Gasteiger partial charge in [-0.1, -0.05) is 76.6 Å². The number of nitrogens with zero attached hydrogens (tertiary/aromatic N) is 11. The standard InChI is InChI=1S/C33H39N7O3.C21H22BrN5O3.C10H10N4O2/c1-38-11-13-40(14-12-38)18-23-3-7-25(8-4-23)26-9-5-24(6-10-26)20-43-31-22-42-21-30(31)37-33(41)29-15-27(16-35-32(29)34)28-17-36-39(2)19-28;1-27-9-15(8-25-27)14-6-17(20(23)24-7-14)21(28)26-18-11-29-12-19(18)30-10-13-2-4-16(22)5-3-13;1-14-5-7(4-13-14)6-2-8(10(15)16)9(11)12-3-6/h3-10,15-17,19,30-31H,11-14,18,20-22H2,1-2H3,(H2,34,35)(H,37,41);2-9,18-19H,10-12H2,1H3,(H2,23,24)(H,26,28);2-5H,1H3,(H2,11,12)(H,15,16)/t30-,31-;18-,19-;/m00./s1. The first-order valence-electron chi connectivity index (χ1n) is 28.8. The molecule has 4 atom stereocenters. The maximum absolute atomic E-state index is 13.2. The molecule has 3 fully saturated rings. The quantitative estimate of drug-likeness (QED) is 0.0567. The van der Waals surface area contributed by atoms with Gasteiger partial charge in [0.15, 0.2) is 0 Å². The van der Waals surface area contributed by atoms with Crippen LogP contribution >= 0.6 is 15.9 Å². The minimum atomic E-state index is -1.09. The number of rotatable bonds is 17. The lowest BCUT2D eigenvalue weighted by molar-refractivity contribution is 0.0218. The summed E-state index contributed by atoms with van der Waals surface area (Å²) in [7, 11) is 7.64. The van der Waals surface area contributed by atoms with Gasteiger partial charge in [0.2, 0.25) is 0 Å². The van der Waals surface area contributed by atoms with Crippen LogP contribution in [0.1, 0.15) is 47.8 Å². The highest BCUT2D eigenvalue weighted by atomic mass is 79.9. The van der Waals surface area contributed by atoms with Gasteiger partial charge in [0.1, 0.15) is 35.2 Å². The maximum Gasteiger partial charge on any atom is 0.339 e. The van der Waals surface area contributed by atoms with Gasteiger partial charge in [-0.3, -0.25) is 28.5 Å². The van der Waals surface area contributed by atoms with Gasteiger partial charge < -0.3 is 56.8 Å². The van der Waals surface area contributed by atoms with E-state index in [0.29, 0.717) is 56.3 Å². The van der Waals surface area contributed by atoms with Crippen molar-refractivity contribution < 1.29 is 38.4 Å². The number of benzene rings is 3. The van der Waals surface area contributed by atoms with E-state index in [2.05, 4.69) is 122 Å². The van der Waals surface area contributed by atoms with Crippen LogP contribution in [-0.4, -0.2) is 161 Å². The Morgan fingerprint density at radius 2 is 0.899 bits per heavy atom. The van der Waals surface area contributed by atoms with Gasteiger partial charge >= 0.3 is 5.97 Å². The molecule has 0 aliphatic carbocycles. The average Bonchev–Trinajstić information content (AvgIpc) is 2.85. The number of ether oxygens (including phenoxy) is 4. The zero-order chi connectivity index (χ0) is 62.6. The van der Waals surface area contributed by atoms with E-state index >= 15 is 0 Å². The van der Waals surface area contributed by atoms with Crippen molar-refractivity contribution in [2.75, 3.05) is 76.9 Å². The molecule has 9 aromatic rings. The summed E-state index contributed by atoms with van der Waals surface area (Å²) in [5.74, 6) is -1.34. The fourth-order valence-corrected chi connectivity index (χ4v) is 10.4. The number of likely N-dealkylation sites (N-methyl/N-ethyl adjacent to an activating group) is 1. The number of carboxylic acid groups (broad SMARTS) is 1. The second-order valence-corrected chi connectivity index (χ2v) is 22.9. The van der Waals surface area contributed by atoms with Crippen LogP contribution in [0.3, 0.4) is 0 Å². The fraction of sp³-hybridized carbons (Fsp3) is 0.297. The molecule has 9 N–H and O–H groups in total. The van der Waals surface area contributed by atoms with Crippen molar-refractivity contribution in [3.8, 4) is 44.5 Å². The first kappa shape index (κ1) is 62.8. The Balaban J connectivity index is 0.000000164. The monoisotopic (exact) mass is 1270 g/mol. The molecule has 12 rings (SSSR count). The summed E-state index contributed by atoms with van der Waals surface area (Å²) in [6.45, 7) is 7.94. The average molecular weight is 1270 g/mol. The van der Waals surface area contributed by atoms with E-state index < -0.39 is 5.97 Å². The Bertz CT molecular complexity index is 3870. The third kappa shape index (κ3) is 16.7. The number of pyridine rings is 3. The van der Waals surface area contributed by atoms with Gasteiger partial charge in [0.05, 0.1) is 81.4 Å². The van der Waals surface area contributed by atoms with Crippen molar-refractivity contribution >= 4 is 51.2 Å². The minimum absolute atomic E-state index is 0.00125. The number of hydrogen-bond donors (Lipinski definition) is 6. The topological polar surface area (TPSA) is 309 Å². The SMILES string of the molecule is CN1CCN(Cc2ccc(-c3ccc(CO[C@H]4COC[C@@H]4NC(=O)c4cc(-c5cnn(C)c5)cnc4N)cc3)cc2)CC1.Cn1cc(-c2cnc(N)c(C(=O)N[C@H]3COC[C@@H]3OCc3ccc(Br)cc3)c2)cn1.Cn1cc(-c2cnc(N)c(C(=O)O)c2)cn1. The molecule has 2 amide bonds. The van der Waals surface area contributed by atoms with E-state index in [1.54, 1.807) is 70.4 Å². The number of nitrogens with one attached hydrogen (secondary N) is 2. The molecule has 9 heterocycles. The Morgan fingerprint density at radius 1 is 0.517 bits per heavy atom. The van der Waals surface area contributed by atoms with Crippen LogP contribution in [0.15, 0.2) is 151 Å². The van der Waals surface area contributed by atoms with Gasteiger partial charge in [-0.05, 0) is 65.2 Å². The number of nitrogens with two attached hydrogens (primary N) is 3. The second kappa shape index (κ2) is 29.2. The highest BCUT2D eigenvalue weighted by Gasteiger charge is 2.33. The normalized spacial score (nSPS) is 17.5. The zero-order valence-electron chi connectivity index (χ0n) is 49.8. The van der Waals surface area contributed by atoms with E-state index in [-0.39, 0.29) is 59.1 Å². The Kier molecular flexibility index (Phi) is 20.6. The van der Waals surface area contributed by atoms with Crippen molar-refractivity contribution in [1.82, 2.24) is 64.7 Å². The third-order valence-corrected chi connectivity index (χ3v) is 15.9. The zero-order valence-corrected chi connectivity index (χ0v) is 51.4. The number of halogens is 1. The number of aromatic nitrogens is 9. The lowest BCUT2D eigenvalue weighted by atomic mass is 10.0. The van der Waals surface area contributed by atoms with Crippen molar-refractivity contribution in [2.24, 2.45) is 21.1 Å². The molecule has 25 heteroatoms. The molecule has 6 aromatic heterocycles. The molecule has 24 nitrogen and oxygen atoms in total. The number of carboxylic acids is 1. The number of carbonyl (C=O) groups is 3. The molecule has 462 valence electrons. The Hall–Kier alpha value is -9.21. The van der Waals surface area contributed by atoms with Crippen molar-refractivity contribution in [3.05, 3.63) is 185 Å². The second-order valence-electron chi connectivity index (χ2n) is 22.0. The number of anilines is 3. The van der Waals surface area contributed by atoms with Crippen LogP contribution in [0, 0.1) is 0 Å². The molecule has 3 aromatic carbocycles. The number of aryl methyl sites for hydroxylation is 3. The number of amides is 2.